The summed E-state index contributed by atoms with van der Waals surface area (Å²) in [4.78, 5) is 15.7. The predicted octanol–water partition coefficient (Wildman–Crippen LogP) is 13.0. The molecule has 0 unspecified atom stereocenters. The molecule has 2 heterocycles. The Morgan fingerprint density at radius 2 is 0.847 bits per heavy atom. The van der Waals surface area contributed by atoms with Crippen molar-refractivity contribution in [3.63, 3.8) is 0 Å². The Morgan fingerprint density at radius 3 is 1.54 bits per heavy atom. The summed E-state index contributed by atoms with van der Waals surface area (Å²) in [6, 6.07) is 70.0. The van der Waals surface area contributed by atoms with E-state index in [9.17, 15) is 0 Å². The van der Waals surface area contributed by atoms with Crippen molar-refractivity contribution >= 4 is 21.8 Å². The maximum absolute atomic E-state index is 5.31. The maximum Gasteiger partial charge on any atom is 0.164 e. The molecule has 0 bridgehead atoms. The van der Waals surface area contributed by atoms with E-state index >= 15 is 0 Å². The lowest BCUT2D eigenvalue weighted by Gasteiger charge is -2.46. The van der Waals surface area contributed by atoms with E-state index < -0.39 is 5.41 Å². The lowest BCUT2D eigenvalue weighted by Crippen LogP contribution is -2.40. The van der Waals surface area contributed by atoms with Gasteiger partial charge in [-0.15, -0.1) is 0 Å². The molecule has 2 aromatic heterocycles. The van der Waals surface area contributed by atoms with E-state index in [4.69, 9.17) is 15.0 Å². The van der Waals surface area contributed by atoms with Gasteiger partial charge in [-0.3, -0.25) is 0 Å². The summed E-state index contributed by atoms with van der Waals surface area (Å²) < 4.78 is 2.34. The van der Waals surface area contributed by atoms with Crippen LogP contribution >= 0.6 is 0 Å². The summed E-state index contributed by atoms with van der Waals surface area (Å²) in [5.74, 6) is 1.92. The average Bonchev–Trinajstić information content (AvgIpc) is 3.79. The molecule has 0 fully saturated rings. The van der Waals surface area contributed by atoms with Crippen molar-refractivity contribution in [2.45, 2.75) is 24.7 Å². The van der Waals surface area contributed by atoms with Gasteiger partial charge in [0.05, 0.1) is 16.4 Å². The Kier molecular flexibility index (Phi) is 7.16. The standard InChI is InChI=1S/C55H38N4/c1-54(2)45-24-12-14-26-47(45)55(48-27-15-13-25-46(48)54)43-23-11-9-21-39(43)42-33-36(30-32-44(42)55)52-56-51(35-17-5-3-6-18-35)57-53(58-52)37-29-31-41-40-22-10-16-28-49(40)59(50(41)34-37)38-19-7-4-8-20-38/h3-34H,1-2H3. The van der Waals surface area contributed by atoms with E-state index in [2.05, 4.69) is 194 Å². The number of nitrogens with zero attached hydrogens (tertiary/aromatic N) is 4. The predicted molar refractivity (Wildman–Crippen MR) is 240 cm³/mol. The molecule has 8 aromatic carbocycles. The zero-order valence-electron chi connectivity index (χ0n) is 32.8. The first-order valence-electron chi connectivity index (χ1n) is 20.4. The highest BCUT2D eigenvalue weighted by atomic mass is 15.0. The third-order valence-electron chi connectivity index (χ3n) is 12.9. The van der Waals surface area contributed by atoms with Crippen LogP contribution in [0.1, 0.15) is 47.2 Å². The first-order valence-corrected chi connectivity index (χ1v) is 20.4. The van der Waals surface area contributed by atoms with Crippen molar-refractivity contribution in [1.29, 1.82) is 0 Å². The Bertz CT molecular complexity index is 3250. The van der Waals surface area contributed by atoms with Gasteiger partial charge in [-0.25, -0.2) is 15.0 Å². The number of benzene rings is 8. The molecular formula is C55H38N4. The number of aromatic nitrogens is 4. The van der Waals surface area contributed by atoms with Gasteiger partial charge in [0.25, 0.3) is 0 Å². The molecule has 4 nitrogen and oxygen atoms in total. The third-order valence-corrected chi connectivity index (χ3v) is 12.9. The quantitative estimate of drug-likeness (QED) is 0.180. The molecule has 0 atom stereocenters. The fourth-order valence-corrected chi connectivity index (χ4v) is 10.3. The minimum Gasteiger partial charge on any atom is -0.309 e. The Hall–Kier alpha value is -7.43. The van der Waals surface area contributed by atoms with E-state index in [-0.39, 0.29) is 5.41 Å². The number of rotatable bonds is 4. The van der Waals surface area contributed by atoms with E-state index in [0.29, 0.717) is 17.5 Å². The van der Waals surface area contributed by atoms with Crippen molar-refractivity contribution < 1.29 is 0 Å². The first-order chi connectivity index (χ1) is 29.0. The van der Waals surface area contributed by atoms with E-state index in [1.165, 1.54) is 55.3 Å². The second-order valence-electron chi connectivity index (χ2n) is 16.4. The van der Waals surface area contributed by atoms with Crippen LogP contribution in [0.4, 0.5) is 0 Å². The fourth-order valence-electron chi connectivity index (χ4n) is 10.3. The molecule has 0 saturated heterocycles. The van der Waals surface area contributed by atoms with Gasteiger partial charge >= 0.3 is 0 Å². The molecule has 2 aliphatic rings. The van der Waals surface area contributed by atoms with Crippen LogP contribution in [-0.2, 0) is 10.8 Å². The van der Waals surface area contributed by atoms with Gasteiger partial charge in [0, 0.05) is 38.6 Å². The van der Waals surface area contributed by atoms with Crippen LogP contribution in [0.5, 0.6) is 0 Å². The van der Waals surface area contributed by atoms with Crippen LogP contribution in [-0.4, -0.2) is 19.5 Å². The summed E-state index contributed by atoms with van der Waals surface area (Å²) in [6.07, 6.45) is 0. The SMILES string of the molecule is CC1(C)c2ccccc2C2(c3ccccc3-c3cc(-c4nc(-c5ccccc5)nc(-c5ccc6c7ccccc7n(-c7ccccc7)c6c5)n4)ccc32)c2ccccc21. The van der Waals surface area contributed by atoms with Gasteiger partial charge < -0.3 is 4.57 Å². The van der Waals surface area contributed by atoms with Gasteiger partial charge in [-0.2, -0.15) is 0 Å². The lowest BCUT2D eigenvalue weighted by molar-refractivity contribution is 0.563. The number of hydrogen-bond donors (Lipinski definition) is 0. The molecule has 12 rings (SSSR count). The fraction of sp³-hybridized carbons (Fsp3) is 0.0727. The minimum absolute atomic E-state index is 0.149. The van der Waals surface area contributed by atoms with Gasteiger partial charge in [-0.05, 0) is 74.8 Å². The molecule has 0 amide bonds. The highest BCUT2D eigenvalue weighted by Crippen LogP contribution is 2.62. The largest absolute Gasteiger partial charge is 0.309 e. The molecule has 0 radical (unpaired) electrons. The summed E-state index contributed by atoms with van der Waals surface area (Å²) >= 11 is 0. The lowest BCUT2D eigenvalue weighted by atomic mass is 9.55. The number of para-hydroxylation sites is 2. The zero-order chi connectivity index (χ0) is 39.3. The molecular weight excluding hydrogens is 717 g/mol. The minimum atomic E-state index is -0.459. The van der Waals surface area contributed by atoms with Crippen molar-refractivity contribution in [1.82, 2.24) is 19.5 Å². The van der Waals surface area contributed by atoms with E-state index in [1.807, 2.05) is 18.2 Å². The highest BCUT2D eigenvalue weighted by Gasteiger charge is 2.53. The number of fused-ring (bicyclic) bond motifs is 12. The molecule has 4 heteroatoms. The third kappa shape index (κ3) is 4.74. The maximum atomic E-state index is 5.31. The topological polar surface area (TPSA) is 43.6 Å². The summed E-state index contributed by atoms with van der Waals surface area (Å²) in [5, 5.41) is 2.40. The highest BCUT2D eigenvalue weighted by molar-refractivity contribution is 6.10. The smallest absolute Gasteiger partial charge is 0.164 e. The van der Waals surface area contributed by atoms with E-state index in [0.717, 1.165) is 33.4 Å². The van der Waals surface area contributed by atoms with Crippen LogP contribution in [0.15, 0.2) is 194 Å². The van der Waals surface area contributed by atoms with Crippen molar-refractivity contribution in [3.05, 3.63) is 228 Å². The Balaban J connectivity index is 1.08. The molecule has 10 aromatic rings. The van der Waals surface area contributed by atoms with Gasteiger partial charge in [0.1, 0.15) is 0 Å². The monoisotopic (exact) mass is 754 g/mol. The Labute approximate surface area is 343 Å². The molecule has 0 N–H and O–H groups in total. The second kappa shape index (κ2) is 12.5. The van der Waals surface area contributed by atoms with Gasteiger partial charge in [0.15, 0.2) is 17.5 Å². The second-order valence-corrected chi connectivity index (χ2v) is 16.4. The summed E-state index contributed by atoms with van der Waals surface area (Å²) in [6.45, 7) is 4.73. The average molecular weight is 755 g/mol. The zero-order valence-corrected chi connectivity index (χ0v) is 32.8. The summed E-state index contributed by atoms with van der Waals surface area (Å²) in [5.41, 5.74) is 16.1. The molecule has 2 aliphatic carbocycles. The van der Waals surface area contributed by atoms with Gasteiger partial charge in [-0.1, -0.05) is 178 Å². The van der Waals surface area contributed by atoms with E-state index in [1.54, 1.807) is 0 Å². The van der Waals surface area contributed by atoms with Crippen LogP contribution in [0, 0.1) is 0 Å². The molecule has 0 saturated carbocycles. The normalized spacial score (nSPS) is 14.2. The molecule has 59 heavy (non-hydrogen) atoms. The van der Waals surface area contributed by atoms with Crippen LogP contribution in [0.25, 0.3) is 72.8 Å². The first kappa shape index (κ1) is 33.7. The molecule has 278 valence electrons. The molecule has 1 spiro atoms. The Morgan fingerprint density at radius 1 is 0.356 bits per heavy atom. The van der Waals surface area contributed by atoms with Crippen molar-refractivity contribution in [2.75, 3.05) is 0 Å². The van der Waals surface area contributed by atoms with Gasteiger partial charge in [0.2, 0.25) is 0 Å². The molecule has 0 aliphatic heterocycles. The summed E-state index contributed by atoms with van der Waals surface area (Å²) in [7, 11) is 0. The van der Waals surface area contributed by atoms with Crippen LogP contribution in [0.3, 0.4) is 0 Å². The van der Waals surface area contributed by atoms with Crippen LogP contribution < -0.4 is 0 Å². The van der Waals surface area contributed by atoms with Crippen molar-refractivity contribution in [3.8, 4) is 51.0 Å². The number of hydrogen-bond acceptors (Lipinski definition) is 3. The van der Waals surface area contributed by atoms with Crippen LogP contribution in [0.2, 0.25) is 0 Å². The van der Waals surface area contributed by atoms with Crippen molar-refractivity contribution in [2.24, 2.45) is 0 Å².